The molecule has 2 fully saturated rings. The first-order chi connectivity index (χ1) is 19.0. The number of piperazine rings is 1. The van der Waals surface area contributed by atoms with Gasteiger partial charge in [0.2, 0.25) is 11.8 Å². The van der Waals surface area contributed by atoms with Crippen LogP contribution in [-0.4, -0.2) is 59.9 Å². The second kappa shape index (κ2) is 13.3. The third-order valence-electron chi connectivity index (χ3n) is 8.99. The zero-order valence-electron chi connectivity index (χ0n) is 23.2. The zero-order chi connectivity index (χ0) is 27.2. The number of hydrogen-bond donors (Lipinski definition) is 2. The molecular formula is C32H43ClN4O2. The van der Waals surface area contributed by atoms with Gasteiger partial charge < -0.3 is 15.5 Å². The molecule has 2 aliphatic heterocycles. The molecule has 2 heterocycles. The maximum absolute atomic E-state index is 13.8. The summed E-state index contributed by atoms with van der Waals surface area (Å²) in [5.74, 6) is 0.766. The third kappa shape index (κ3) is 7.41. The second-order valence-corrected chi connectivity index (χ2v) is 12.2. The predicted molar refractivity (Wildman–Crippen MR) is 157 cm³/mol. The first-order valence-corrected chi connectivity index (χ1v) is 15.2. The van der Waals surface area contributed by atoms with E-state index >= 15 is 0 Å². The van der Waals surface area contributed by atoms with Gasteiger partial charge in [-0.2, -0.15) is 0 Å². The summed E-state index contributed by atoms with van der Waals surface area (Å²) in [6.45, 7) is 6.32. The van der Waals surface area contributed by atoms with Crippen molar-refractivity contribution in [2.45, 2.75) is 83.0 Å². The number of fused-ring (bicyclic) bond motifs is 1. The van der Waals surface area contributed by atoms with E-state index in [1.165, 1.54) is 49.7 Å². The van der Waals surface area contributed by atoms with Gasteiger partial charge in [-0.25, -0.2) is 0 Å². The summed E-state index contributed by atoms with van der Waals surface area (Å²) in [6.07, 6.45) is 8.93. The van der Waals surface area contributed by atoms with Crippen LogP contribution in [0.15, 0.2) is 48.5 Å². The van der Waals surface area contributed by atoms with Gasteiger partial charge in [-0.15, -0.1) is 0 Å². The number of carbonyl (C=O) groups is 2. The lowest BCUT2D eigenvalue weighted by molar-refractivity contribution is -0.138. The summed E-state index contributed by atoms with van der Waals surface area (Å²) < 4.78 is 0. The number of nitrogens with zero attached hydrogens (tertiary/aromatic N) is 2. The van der Waals surface area contributed by atoms with Crippen LogP contribution in [0.25, 0.3) is 0 Å². The summed E-state index contributed by atoms with van der Waals surface area (Å²) >= 11 is 6.10. The molecule has 3 unspecified atom stereocenters. The highest BCUT2D eigenvalue weighted by molar-refractivity contribution is 6.30. The Morgan fingerprint density at radius 3 is 2.46 bits per heavy atom. The van der Waals surface area contributed by atoms with Crippen molar-refractivity contribution in [3.63, 3.8) is 0 Å². The molecule has 1 aliphatic carbocycles. The minimum Gasteiger partial charge on any atom is -0.344 e. The van der Waals surface area contributed by atoms with Crippen molar-refractivity contribution in [2.75, 3.05) is 26.2 Å². The van der Waals surface area contributed by atoms with Crippen LogP contribution in [-0.2, 0) is 22.6 Å². The highest BCUT2D eigenvalue weighted by atomic mass is 35.5. The van der Waals surface area contributed by atoms with Gasteiger partial charge in [0.15, 0.2) is 0 Å². The molecule has 7 heteroatoms. The Hall–Kier alpha value is -2.41. The van der Waals surface area contributed by atoms with Crippen molar-refractivity contribution in [2.24, 2.45) is 5.92 Å². The maximum Gasteiger partial charge on any atom is 0.245 e. The van der Waals surface area contributed by atoms with Crippen molar-refractivity contribution in [1.82, 2.24) is 20.4 Å². The van der Waals surface area contributed by atoms with E-state index in [-0.39, 0.29) is 17.9 Å². The average molecular weight is 551 g/mol. The van der Waals surface area contributed by atoms with Crippen LogP contribution >= 0.6 is 11.6 Å². The molecule has 3 aliphatic rings. The lowest BCUT2D eigenvalue weighted by Crippen LogP contribution is -2.57. The van der Waals surface area contributed by atoms with Crippen molar-refractivity contribution in [3.8, 4) is 0 Å². The van der Waals surface area contributed by atoms with E-state index in [2.05, 4.69) is 34.6 Å². The van der Waals surface area contributed by atoms with Gasteiger partial charge in [-0.1, -0.05) is 80.1 Å². The number of rotatable bonds is 9. The molecule has 2 aromatic rings. The normalized spacial score (nSPS) is 21.8. The number of nitrogens with one attached hydrogen (secondary N) is 2. The molecule has 2 N–H and O–H groups in total. The summed E-state index contributed by atoms with van der Waals surface area (Å²) in [5.41, 5.74) is 3.40. The van der Waals surface area contributed by atoms with Gasteiger partial charge in [0, 0.05) is 62.7 Å². The number of halogens is 1. The fourth-order valence-corrected chi connectivity index (χ4v) is 6.84. The maximum atomic E-state index is 13.8. The molecule has 0 bridgehead atoms. The molecule has 39 heavy (non-hydrogen) atoms. The minimum atomic E-state index is -0.596. The molecule has 2 aromatic carbocycles. The monoisotopic (exact) mass is 550 g/mol. The molecule has 6 nitrogen and oxygen atoms in total. The van der Waals surface area contributed by atoms with E-state index in [1.807, 2.05) is 41.3 Å². The Kier molecular flexibility index (Phi) is 9.59. The van der Waals surface area contributed by atoms with E-state index in [4.69, 9.17) is 11.6 Å². The molecular weight excluding hydrogens is 508 g/mol. The average Bonchev–Trinajstić information content (AvgIpc) is 3.36. The van der Waals surface area contributed by atoms with Gasteiger partial charge in [0.25, 0.3) is 0 Å². The first kappa shape index (κ1) is 28.1. The largest absolute Gasteiger partial charge is 0.344 e. The fraction of sp³-hybridized carbons (Fsp3) is 0.562. The Morgan fingerprint density at radius 2 is 1.72 bits per heavy atom. The quantitative estimate of drug-likeness (QED) is 0.456. The van der Waals surface area contributed by atoms with Crippen molar-refractivity contribution in [1.29, 1.82) is 0 Å². The number of benzene rings is 2. The highest BCUT2D eigenvalue weighted by Crippen LogP contribution is 2.29. The van der Waals surface area contributed by atoms with Crippen LogP contribution in [0, 0.1) is 5.92 Å². The first-order valence-electron chi connectivity index (χ1n) is 14.8. The van der Waals surface area contributed by atoms with E-state index < -0.39 is 6.04 Å². The number of carbonyl (C=O) groups excluding carboxylic acids is 2. The summed E-state index contributed by atoms with van der Waals surface area (Å²) in [6, 6.07) is 15.7. The Morgan fingerprint density at radius 1 is 1.00 bits per heavy atom. The fourth-order valence-electron chi connectivity index (χ4n) is 6.71. The Balaban J connectivity index is 1.19. The Labute approximate surface area is 238 Å². The molecule has 2 amide bonds. The molecule has 0 spiro atoms. The van der Waals surface area contributed by atoms with Crippen LogP contribution in [0.4, 0.5) is 0 Å². The Bertz CT molecular complexity index is 1110. The number of hydrogen-bond acceptors (Lipinski definition) is 4. The lowest BCUT2D eigenvalue weighted by atomic mass is 9.85. The van der Waals surface area contributed by atoms with Gasteiger partial charge in [0.1, 0.15) is 6.04 Å². The summed E-state index contributed by atoms with van der Waals surface area (Å²) in [7, 11) is 0. The van der Waals surface area contributed by atoms with Crippen LogP contribution in [0.2, 0.25) is 5.02 Å². The van der Waals surface area contributed by atoms with Crippen molar-refractivity contribution in [3.05, 3.63) is 70.2 Å². The van der Waals surface area contributed by atoms with Gasteiger partial charge in [-0.05, 0) is 48.1 Å². The van der Waals surface area contributed by atoms with Crippen LogP contribution in [0.5, 0.6) is 0 Å². The topological polar surface area (TPSA) is 64.7 Å². The van der Waals surface area contributed by atoms with Crippen LogP contribution in [0.3, 0.4) is 0 Å². The van der Waals surface area contributed by atoms with E-state index in [0.29, 0.717) is 37.0 Å². The SMILES string of the molecule is CC(CC1CCCCC1)N1CCN(C(=O)C(Cc2ccc(Cl)cc2)NC(=O)CC2NCc3ccccc32)CC1. The molecule has 1 saturated heterocycles. The molecule has 0 radical (unpaired) electrons. The second-order valence-electron chi connectivity index (χ2n) is 11.7. The van der Waals surface area contributed by atoms with E-state index in [0.717, 1.165) is 31.1 Å². The van der Waals surface area contributed by atoms with Crippen LogP contribution in [0.1, 0.15) is 74.6 Å². The molecule has 210 valence electrons. The third-order valence-corrected chi connectivity index (χ3v) is 9.25. The summed E-state index contributed by atoms with van der Waals surface area (Å²) in [5, 5.41) is 7.21. The standard InChI is InChI=1S/C32H43ClN4O2/c1-23(19-24-7-3-2-4-8-24)36-15-17-37(18-16-36)32(39)30(20-25-11-13-27(33)14-12-25)35-31(38)21-29-28-10-6-5-9-26(28)22-34-29/h5-6,9-14,23-24,29-30,34H,2-4,7-8,15-22H2,1H3,(H,35,38). The smallest absolute Gasteiger partial charge is 0.245 e. The number of amides is 2. The van der Waals surface area contributed by atoms with Crippen LogP contribution < -0.4 is 10.6 Å². The van der Waals surface area contributed by atoms with Crippen molar-refractivity contribution < 1.29 is 9.59 Å². The predicted octanol–water partition coefficient (Wildman–Crippen LogP) is 5.11. The summed E-state index contributed by atoms with van der Waals surface area (Å²) in [4.78, 5) is 31.5. The lowest BCUT2D eigenvalue weighted by Gasteiger charge is -2.40. The van der Waals surface area contributed by atoms with Gasteiger partial charge >= 0.3 is 0 Å². The van der Waals surface area contributed by atoms with Gasteiger partial charge in [-0.3, -0.25) is 14.5 Å². The molecule has 3 atom stereocenters. The van der Waals surface area contributed by atoms with Crippen molar-refractivity contribution >= 4 is 23.4 Å². The molecule has 5 rings (SSSR count). The zero-order valence-corrected chi connectivity index (χ0v) is 24.0. The highest BCUT2D eigenvalue weighted by Gasteiger charge is 2.32. The van der Waals surface area contributed by atoms with E-state index in [9.17, 15) is 9.59 Å². The van der Waals surface area contributed by atoms with E-state index in [1.54, 1.807) is 0 Å². The molecule has 1 saturated carbocycles. The van der Waals surface area contributed by atoms with Gasteiger partial charge in [0.05, 0.1) is 0 Å². The minimum absolute atomic E-state index is 0.0117. The molecule has 0 aromatic heterocycles.